The molecule has 7 nitrogen and oxygen atoms in total. The molecule has 1 aliphatic carbocycles. The Hall–Kier alpha value is -2.78. The van der Waals surface area contributed by atoms with Gasteiger partial charge >= 0.3 is 0 Å². The fourth-order valence-electron chi connectivity index (χ4n) is 3.25. The average molecular weight is 429 g/mol. The topological polar surface area (TPSA) is 109 Å². The van der Waals surface area contributed by atoms with Crippen LogP contribution in [0.25, 0.3) is 10.9 Å². The Kier molecular flexibility index (Phi) is 6.23. The maximum absolute atomic E-state index is 12.1. The molecule has 0 saturated heterocycles. The lowest BCUT2D eigenvalue weighted by Crippen LogP contribution is -2.49. The van der Waals surface area contributed by atoms with Gasteiger partial charge < -0.3 is 9.67 Å². The van der Waals surface area contributed by atoms with Crippen LogP contribution in [-0.4, -0.2) is 46.8 Å². The number of aryl methyl sites for hydroxylation is 1. The second-order valence-electron chi connectivity index (χ2n) is 7.78. The minimum absolute atomic E-state index is 0.00908. The molecule has 1 saturated carbocycles. The monoisotopic (exact) mass is 428 g/mol. The van der Waals surface area contributed by atoms with Crippen LogP contribution in [-0.2, 0) is 21.2 Å². The minimum atomic E-state index is -3.74. The summed E-state index contributed by atoms with van der Waals surface area (Å²) < 4.78 is 24.3. The summed E-state index contributed by atoms with van der Waals surface area (Å²) in [5.41, 5.74) is 3.16. The van der Waals surface area contributed by atoms with Crippen molar-refractivity contribution in [2.75, 3.05) is 12.9 Å². The van der Waals surface area contributed by atoms with Crippen LogP contribution < -0.4 is 5.48 Å². The summed E-state index contributed by atoms with van der Waals surface area (Å²) >= 11 is 0. The van der Waals surface area contributed by atoms with Crippen molar-refractivity contribution in [3.63, 3.8) is 0 Å². The van der Waals surface area contributed by atoms with E-state index < -0.39 is 20.5 Å². The number of hydroxylamine groups is 1. The summed E-state index contributed by atoms with van der Waals surface area (Å²) in [6.07, 6.45) is 3.75. The number of fused-ring (bicyclic) bond motifs is 1. The van der Waals surface area contributed by atoms with Crippen LogP contribution in [0.4, 0.5) is 0 Å². The smallest absolute Gasteiger partial charge is 0.264 e. The predicted octanol–water partition coefficient (Wildman–Crippen LogP) is 1.32. The maximum Gasteiger partial charge on any atom is 0.264 e. The summed E-state index contributed by atoms with van der Waals surface area (Å²) in [6.45, 7) is 1.76. The van der Waals surface area contributed by atoms with Gasteiger partial charge in [0.15, 0.2) is 14.6 Å². The van der Waals surface area contributed by atoms with Crippen molar-refractivity contribution >= 4 is 26.6 Å². The number of carbonyl (C=O) groups excluding carboxylic acids is 1. The van der Waals surface area contributed by atoms with Gasteiger partial charge in [0, 0.05) is 48.0 Å². The van der Waals surface area contributed by atoms with E-state index in [4.69, 9.17) is 10.3 Å². The zero-order valence-corrected chi connectivity index (χ0v) is 17.7. The van der Waals surface area contributed by atoms with Gasteiger partial charge in [0.25, 0.3) is 5.91 Å². The molecule has 3 N–H and O–H groups in total. The van der Waals surface area contributed by atoms with Gasteiger partial charge in [0.1, 0.15) is 0 Å². The number of sulfone groups is 1. The summed E-state index contributed by atoms with van der Waals surface area (Å²) in [7, 11) is -3.74. The first kappa shape index (κ1) is 21.9. The van der Waals surface area contributed by atoms with Crippen molar-refractivity contribution in [2.24, 2.45) is 11.8 Å². The molecule has 1 fully saturated rings. The minimum Gasteiger partial charge on any atom is -0.396 e. The number of hydrogen-bond acceptors (Lipinski definition) is 5. The molecule has 0 radical (unpaired) electrons. The highest BCUT2D eigenvalue weighted by atomic mass is 32.2. The molecule has 0 bridgehead atoms. The van der Waals surface area contributed by atoms with Crippen molar-refractivity contribution in [1.29, 1.82) is 0 Å². The van der Waals surface area contributed by atoms with Crippen LogP contribution in [0.2, 0.25) is 0 Å². The molecule has 2 aromatic rings. The number of amides is 1. The molecule has 158 valence electrons. The van der Waals surface area contributed by atoms with Crippen molar-refractivity contribution in [3.8, 4) is 23.7 Å². The number of hydrogen-bond donors (Lipinski definition) is 3. The van der Waals surface area contributed by atoms with Crippen LogP contribution in [0.15, 0.2) is 30.5 Å². The number of carbonyl (C=O) groups is 1. The summed E-state index contributed by atoms with van der Waals surface area (Å²) in [5.74, 6) is 11.3. The highest BCUT2D eigenvalue weighted by Gasteiger charge is 2.43. The number of aromatic nitrogens is 1. The predicted molar refractivity (Wildman–Crippen MR) is 113 cm³/mol. The maximum atomic E-state index is 12.1. The lowest BCUT2D eigenvalue weighted by molar-refractivity contribution is -0.131. The first-order valence-corrected chi connectivity index (χ1v) is 11.4. The SMILES string of the molecule is CC(CCn1ccc2cc(C#CC#C[C@@H]3C[C@H]3CO)ccc21)(C(=O)NO)S(C)(=O)=O. The lowest BCUT2D eigenvalue weighted by Gasteiger charge is -2.25. The van der Waals surface area contributed by atoms with Crippen molar-refractivity contribution in [2.45, 2.75) is 31.1 Å². The Bertz CT molecular complexity index is 1190. The number of aliphatic hydroxyl groups excluding tert-OH is 1. The molecule has 3 atom stereocenters. The molecule has 0 aliphatic heterocycles. The van der Waals surface area contributed by atoms with Gasteiger partial charge in [0.05, 0.1) is 0 Å². The first-order chi connectivity index (χ1) is 14.2. The second kappa shape index (κ2) is 8.53. The number of benzene rings is 1. The number of nitrogens with one attached hydrogen (secondary N) is 1. The van der Waals surface area contributed by atoms with E-state index in [9.17, 15) is 13.2 Å². The van der Waals surface area contributed by atoms with Gasteiger partial charge in [-0.3, -0.25) is 10.0 Å². The quantitative estimate of drug-likeness (QED) is 0.365. The molecule has 1 aliphatic rings. The van der Waals surface area contributed by atoms with Crippen LogP contribution in [0.5, 0.6) is 0 Å². The Morgan fingerprint density at radius 2 is 2.10 bits per heavy atom. The molecule has 1 unspecified atom stereocenters. The van der Waals surface area contributed by atoms with Gasteiger partial charge in [-0.2, -0.15) is 0 Å². The first-order valence-electron chi connectivity index (χ1n) is 9.55. The van der Waals surface area contributed by atoms with Gasteiger partial charge in [-0.05, 0) is 61.8 Å². The summed E-state index contributed by atoms with van der Waals surface area (Å²) in [6, 6.07) is 7.56. The van der Waals surface area contributed by atoms with E-state index in [0.29, 0.717) is 5.92 Å². The van der Waals surface area contributed by atoms with E-state index in [1.165, 1.54) is 12.4 Å². The summed E-state index contributed by atoms with van der Waals surface area (Å²) in [5, 5.41) is 18.9. The van der Waals surface area contributed by atoms with E-state index in [0.717, 1.165) is 29.1 Å². The molecule has 0 spiro atoms. The third-order valence-corrected chi connectivity index (χ3v) is 7.71. The van der Waals surface area contributed by atoms with Crippen LogP contribution in [0.1, 0.15) is 25.3 Å². The van der Waals surface area contributed by atoms with Crippen molar-refractivity contribution < 1.29 is 23.5 Å². The van der Waals surface area contributed by atoms with Crippen LogP contribution in [0, 0.1) is 35.5 Å². The van der Waals surface area contributed by atoms with Crippen molar-refractivity contribution in [3.05, 3.63) is 36.0 Å². The molecule has 30 heavy (non-hydrogen) atoms. The molecule has 1 heterocycles. The molecule has 3 rings (SSSR count). The van der Waals surface area contributed by atoms with E-state index in [-0.39, 0.29) is 25.5 Å². The Morgan fingerprint density at radius 1 is 1.33 bits per heavy atom. The van der Waals surface area contributed by atoms with E-state index in [1.807, 2.05) is 35.0 Å². The van der Waals surface area contributed by atoms with Gasteiger partial charge in [-0.1, -0.05) is 11.8 Å². The fourth-order valence-corrected chi connectivity index (χ4v) is 4.10. The van der Waals surface area contributed by atoms with E-state index in [1.54, 1.807) is 0 Å². The number of aliphatic hydroxyl groups is 1. The standard InChI is InChI=1S/C22H24N2O5S/c1-22(21(26)23-27,30(2,28)29)10-12-24-11-9-18-13-16(7-8-20(18)24)5-3-4-6-17-14-19(17)15-25/h7-9,11,13,17,19,25,27H,10,12,14-15H2,1-2H3,(H,23,26)/t17-,19+,22?/m1/s1. The molecule has 1 aromatic heterocycles. The van der Waals surface area contributed by atoms with E-state index in [2.05, 4.69) is 23.7 Å². The van der Waals surface area contributed by atoms with Gasteiger partial charge in [-0.25, -0.2) is 13.9 Å². The largest absolute Gasteiger partial charge is 0.396 e. The van der Waals surface area contributed by atoms with Crippen LogP contribution >= 0.6 is 0 Å². The Labute approximate surface area is 176 Å². The normalized spacial score (nSPS) is 19.7. The van der Waals surface area contributed by atoms with Gasteiger partial charge in [-0.15, -0.1) is 0 Å². The van der Waals surface area contributed by atoms with Gasteiger partial charge in [0.2, 0.25) is 0 Å². The molecule has 8 heteroatoms. The zero-order chi connectivity index (χ0) is 21.9. The van der Waals surface area contributed by atoms with E-state index >= 15 is 0 Å². The third kappa shape index (κ3) is 4.52. The molecular weight excluding hydrogens is 404 g/mol. The zero-order valence-electron chi connectivity index (χ0n) is 16.8. The fraction of sp³-hybridized carbons (Fsp3) is 0.409. The highest BCUT2D eigenvalue weighted by molar-refractivity contribution is 7.92. The molecule has 1 amide bonds. The second-order valence-corrected chi connectivity index (χ2v) is 10.2. The molecular formula is C22H24N2O5S. The number of rotatable bonds is 6. The molecule has 1 aromatic carbocycles. The average Bonchev–Trinajstić information content (AvgIpc) is 3.37. The number of nitrogens with zero attached hydrogens (tertiary/aromatic N) is 1. The third-order valence-electron chi connectivity index (χ3n) is 5.69. The Morgan fingerprint density at radius 3 is 2.73 bits per heavy atom. The lowest BCUT2D eigenvalue weighted by atomic mass is 10.1. The Balaban J connectivity index is 1.74. The van der Waals surface area contributed by atoms with Crippen molar-refractivity contribution in [1.82, 2.24) is 10.0 Å². The summed E-state index contributed by atoms with van der Waals surface area (Å²) in [4.78, 5) is 12.0. The van der Waals surface area contributed by atoms with Crippen LogP contribution in [0.3, 0.4) is 0 Å². The highest BCUT2D eigenvalue weighted by Crippen LogP contribution is 2.36.